The first-order chi connectivity index (χ1) is 15.5. The molecule has 0 radical (unpaired) electrons. The standard InChI is InChI=1S/C23H14ClN3O4S/c24-15-4-1-5-16-18(15)26-23(32-16)27-19(12-6-8-14(28)9-7-12)17(21(30)22(27)31)20(29)13-3-2-10-25-11-13/h1-11,28,30-31H. The van der Waals surface area contributed by atoms with Crippen LogP contribution < -0.4 is 0 Å². The van der Waals surface area contributed by atoms with Crippen LogP contribution in [0.4, 0.5) is 0 Å². The first kappa shape index (κ1) is 20.0. The summed E-state index contributed by atoms with van der Waals surface area (Å²) in [5, 5.41) is 32.2. The number of phenols is 1. The number of carbonyl (C=O) groups excluding carboxylic acids is 1. The van der Waals surface area contributed by atoms with Gasteiger partial charge in [-0.2, -0.15) is 0 Å². The lowest BCUT2D eigenvalue weighted by Crippen LogP contribution is -2.05. The van der Waals surface area contributed by atoms with Crippen LogP contribution in [0.2, 0.25) is 5.02 Å². The summed E-state index contributed by atoms with van der Waals surface area (Å²) in [6.07, 6.45) is 2.92. The summed E-state index contributed by atoms with van der Waals surface area (Å²) < 4.78 is 2.09. The van der Waals surface area contributed by atoms with Crippen molar-refractivity contribution >= 4 is 38.9 Å². The maximum absolute atomic E-state index is 13.3. The van der Waals surface area contributed by atoms with Crippen molar-refractivity contribution in [2.24, 2.45) is 0 Å². The lowest BCUT2D eigenvalue weighted by molar-refractivity contribution is 0.103. The molecule has 5 rings (SSSR count). The minimum absolute atomic E-state index is 0.0344. The fraction of sp³-hybridized carbons (Fsp3) is 0. The third kappa shape index (κ3) is 3.17. The highest BCUT2D eigenvalue weighted by Crippen LogP contribution is 2.45. The van der Waals surface area contributed by atoms with Gasteiger partial charge in [0, 0.05) is 18.0 Å². The molecule has 7 nitrogen and oxygen atoms in total. The molecule has 3 N–H and O–H groups in total. The fourth-order valence-electron chi connectivity index (χ4n) is 3.48. The Morgan fingerprint density at radius 3 is 2.47 bits per heavy atom. The van der Waals surface area contributed by atoms with Gasteiger partial charge in [0.1, 0.15) is 11.3 Å². The van der Waals surface area contributed by atoms with Crippen LogP contribution in [-0.2, 0) is 0 Å². The van der Waals surface area contributed by atoms with Crippen molar-refractivity contribution in [3.8, 4) is 33.8 Å². The highest BCUT2D eigenvalue weighted by atomic mass is 35.5. The highest BCUT2D eigenvalue weighted by Gasteiger charge is 2.31. The number of ketones is 1. The smallest absolute Gasteiger partial charge is 0.242 e. The van der Waals surface area contributed by atoms with E-state index in [2.05, 4.69) is 9.97 Å². The number of aromatic hydroxyl groups is 3. The van der Waals surface area contributed by atoms with Crippen LogP contribution in [0.1, 0.15) is 15.9 Å². The summed E-state index contributed by atoms with van der Waals surface area (Å²) in [6.45, 7) is 0. The van der Waals surface area contributed by atoms with E-state index in [9.17, 15) is 20.1 Å². The predicted octanol–water partition coefficient (Wildman–Crippen LogP) is 5.15. The molecule has 0 saturated heterocycles. The fourth-order valence-corrected chi connectivity index (χ4v) is 4.76. The second-order valence-electron chi connectivity index (χ2n) is 6.93. The number of fused-ring (bicyclic) bond motifs is 1. The molecule has 0 atom stereocenters. The Morgan fingerprint density at radius 1 is 1.00 bits per heavy atom. The molecular formula is C23H14ClN3O4S. The van der Waals surface area contributed by atoms with Gasteiger partial charge < -0.3 is 15.3 Å². The topological polar surface area (TPSA) is 108 Å². The Balaban J connectivity index is 1.83. The van der Waals surface area contributed by atoms with Gasteiger partial charge in [-0.05, 0) is 54.1 Å². The molecule has 158 valence electrons. The molecule has 0 bridgehead atoms. The maximum atomic E-state index is 13.3. The van der Waals surface area contributed by atoms with Gasteiger partial charge in [-0.15, -0.1) is 0 Å². The molecule has 32 heavy (non-hydrogen) atoms. The Morgan fingerprint density at radius 2 is 1.78 bits per heavy atom. The molecule has 2 aromatic carbocycles. The minimum Gasteiger partial charge on any atom is -0.508 e. The van der Waals surface area contributed by atoms with Crippen molar-refractivity contribution in [3.05, 3.63) is 83.1 Å². The van der Waals surface area contributed by atoms with Gasteiger partial charge in [0.15, 0.2) is 10.9 Å². The van der Waals surface area contributed by atoms with E-state index in [1.165, 1.54) is 40.4 Å². The van der Waals surface area contributed by atoms with Crippen molar-refractivity contribution in [2.45, 2.75) is 0 Å². The van der Waals surface area contributed by atoms with Gasteiger partial charge in [0.2, 0.25) is 11.7 Å². The average Bonchev–Trinajstić information content (AvgIpc) is 3.34. The normalized spacial score (nSPS) is 11.2. The van der Waals surface area contributed by atoms with Gasteiger partial charge >= 0.3 is 0 Å². The second-order valence-corrected chi connectivity index (χ2v) is 8.35. The summed E-state index contributed by atoms with van der Waals surface area (Å²) in [5.74, 6) is -1.60. The number of thiazole rings is 1. The zero-order valence-electron chi connectivity index (χ0n) is 16.2. The molecule has 9 heteroatoms. The van der Waals surface area contributed by atoms with Crippen molar-refractivity contribution in [2.75, 3.05) is 0 Å². The van der Waals surface area contributed by atoms with Crippen LogP contribution in [-0.4, -0.2) is 35.6 Å². The van der Waals surface area contributed by atoms with Crippen LogP contribution in [0.5, 0.6) is 17.4 Å². The third-order valence-electron chi connectivity index (χ3n) is 4.96. The predicted molar refractivity (Wildman–Crippen MR) is 122 cm³/mol. The first-order valence-electron chi connectivity index (χ1n) is 9.42. The Labute approximate surface area is 190 Å². The second kappa shape index (κ2) is 7.67. The molecule has 0 aliphatic heterocycles. The van der Waals surface area contributed by atoms with Crippen molar-refractivity contribution in [1.29, 1.82) is 0 Å². The monoisotopic (exact) mass is 463 g/mol. The number of pyridine rings is 1. The SMILES string of the molecule is O=C(c1cccnc1)c1c(O)c(O)n(-c2nc3c(Cl)cccc3s2)c1-c1ccc(O)cc1. The number of carbonyl (C=O) groups is 1. The molecule has 0 spiro atoms. The molecular weight excluding hydrogens is 450 g/mol. The Kier molecular flexibility index (Phi) is 4.80. The van der Waals surface area contributed by atoms with Crippen LogP contribution in [0.3, 0.4) is 0 Å². The van der Waals surface area contributed by atoms with Gasteiger partial charge in [0.25, 0.3) is 0 Å². The van der Waals surface area contributed by atoms with Crippen LogP contribution in [0, 0.1) is 0 Å². The quantitative estimate of drug-likeness (QED) is 0.318. The largest absolute Gasteiger partial charge is 0.508 e. The van der Waals surface area contributed by atoms with Crippen molar-refractivity contribution < 1.29 is 20.1 Å². The lowest BCUT2D eigenvalue weighted by atomic mass is 10.00. The number of rotatable bonds is 4. The van der Waals surface area contributed by atoms with E-state index in [1.807, 2.05) is 6.07 Å². The summed E-state index contributed by atoms with van der Waals surface area (Å²) in [7, 11) is 0. The number of halogens is 1. The van der Waals surface area contributed by atoms with E-state index in [-0.39, 0.29) is 22.6 Å². The minimum atomic E-state index is -0.577. The summed E-state index contributed by atoms with van der Waals surface area (Å²) in [6, 6.07) is 14.6. The first-order valence-corrected chi connectivity index (χ1v) is 10.6. The van der Waals surface area contributed by atoms with E-state index < -0.39 is 17.4 Å². The summed E-state index contributed by atoms with van der Waals surface area (Å²) in [4.78, 5) is 21.8. The average molecular weight is 464 g/mol. The number of benzene rings is 2. The van der Waals surface area contributed by atoms with E-state index in [0.29, 0.717) is 21.2 Å². The molecule has 0 fully saturated rings. The van der Waals surface area contributed by atoms with E-state index >= 15 is 0 Å². The van der Waals surface area contributed by atoms with Gasteiger partial charge in [-0.3, -0.25) is 14.3 Å². The molecule has 0 saturated carbocycles. The van der Waals surface area contributed by atoms with Gasteiger partial charge in [0.05, 0.1) is 21.0 Å². The van der Waals surface area contributed by atoms with Crippen LogP contribution in [0.15, 0.2) is 67.0 Å². The van der Waals surface area contributed by atoms with Gasteiger partial charge in [-0.25, -0.2) is 4.98 Å². The zero-order valence-corrected chi connectivity index (χ0v) is 17.8. The number of hydrogen-bond acceptors (Lipinski definition) is 7. The van der Waals surface area contributed by atoms with Crippen molar-refractivity contribution in [1.82, 2.24) is 14.5 Å². The Hall–Kier alpha value is -3.88. The molecule has 0 aliphatic carbocycles. The number of nitrogens with zero attached hydrogens (tertiary/aromatic N) is 3. The van der Waals surface area contributed by atoms with E-state index in [4.69, 9.17) is 11.6 Å². The van der Waals surface area contributed by atoms with Crippen LogP contribution >= 0.6 is 22.9 Å². The summed E-state index contributed by atoms with van der Waals surface area (Å²) in [5.41, 5.74) is 1.39. The molecule has 0 unspecified atom stereocenters. The number of phenolic OH excluding ortho intramolecular Hbond substituents is 1. The van der Waals surface area contributed by atoms with E-state index in [0.717, 1.165) is 4.70 Å². The molecule has 5 aromatic rings. The molecule has 3 heterocycles. The van der Waals surface area contributed by atoms with Crippen LogP contribution in [0.25, 0.3) is 26.6 Å². The molecule has 0 amide bonds. The Bertz CT molecular complexity index is 1480. The van der Waals surface area contributed by atoms with Crippen molar-refractivity contribution in [3.63, 3.8) is 0 Å². The lowest BCUT2D eigenvalue weighted by Gasteiger charge is -2.09. The molecule has 0 aliphatic rings. The van der Waals surface area contributed by atoms with E-state index in [1.54, 1.807) is 36.4 Å². The molecule has 3 aromatic heterocycles. The maximum Gasteiger partial charge on any atom is 0.242 e. The number of aromatic nitrogens is 3. The van der Waals surface area contributed by atoms with Gasteiger partial charge in [-0.1, -0.05) is 29.0 Å². The third-order valence-corrected chi connectivity index (χ3v) is 6.27. The number of para-hydroxylation sites is 1. The highest BCUT2D eigenvalue weighted by molar-refractivity contribution is 7.21. The zero-order chi connectivity index (χ0) is 22.4. The summed E-state index contributed by atoms with van der Waals surface area (Å²) >= 11 is 7.52. The number of hydrogen-bond donors (Lipinski definition) is 3.